The van der Waals surface area contributed by atoms with Gasteiger partial charge in [-0.1, -0.05) is 36.1 Å². The van der Waals surface area contributed by atoms with E-state index in [1.807, 2.05) is 53.7 Å². The molecule has 1 aromatic carbocycles. The zero-order valence-electron chi connectivity index (χ0n) is 21.5. The Morgan fingerprint density at radius 2 is 1.78 bits per heavy atom. The highest BCUT2D eigenvalue weighted by molar-refractivity contribution is 7.97. The van der Waals surface area contributed by atoms with E-state index in [9.17, 15) is 14.4 Å². The van der Waals surface area contributed by atoms with Crippen LogP contribution in [0.4, 0.5) is 9.59 Å². The van der Waals surface area contributed by atoms with Gasteiger partial charge in [0, 0.05) is 13.9 Å². The van der Waals surface area contributed by atoms with Gasteiger partial charge in [-0.05, 0) is 65.4 Å². The summed E-state index contributed by atoms with van der Waals surface area (Å²) in [7, 11) is -0.493. The summed E-state index contributed by atoms with van der Waals surface area (Å²) in [5.74, 6) is -2.42. The third kappa shape index (κ3) is 8.69. The molecule has 0 radical (unpaired) electrons. The number of carbonyl (C=O) groups excluding carboxylic acids is 2. The van der Waals surface area contributed by atoms with E-state index in [0.717, 1.165) is 5.46 Å². The molecule has 1 aliphatic rings. The summed E-state index contributed by atoms with van der Waals surface area (Å²) in [4.78, 5) is 34.6. The van der Waals surface area contributed by atoms with Crippen LogP contribution in [-0.2, 0) is 42.0 Å². The van der Waals surface area contributed by atoms with Gasteiger partial charge < -0.3 is 29.2 Å². The lowest BCUT2D eigenvalue weighted by atomic mass is 9.79. The number of carbonyl (C=O) groups is 3. The Bertz CT molecular complexity index is 956. The average Bonchev–Trinajstić information content (AvgIpc) is 3.01. The number of alkyl carbamates (subject to hydrolysis) is 2. The summed E-state index contributed by atoms with van der Waals surface area (Å²) in [6.45, 7) is 11.8. The van der Waals surface area contributed by atoms with Gasteiger partial charge in [-0.3, -0.25) is 5.32 Å². The second kappa shape index (κ2) is 12.3. The van der Waals surface area contributed by atoms with Gasteiger partial charge in [-0.15, -0.1) is 0 Å². The Morgan fingerprint density at radius 1 is 1.14 bits per heavy atom. The highest BCUT2D eigenvalue weighted by Crippen LogP contribution is 2.40. The minimum Gasteiger partial charge on any atom is -0.479 e. The number of hydrogen-bond donors (Lipinski definition) is 3. The van der Waals surface area contributed by atoms with Crippen LogP contribution in [0.5, 0.6) is 0 Å². The molecule has 1 saturated heterocycles. The standard InChI is InChI=1S/C23H34BN2O8PS/c1-21(2,3)32-19(29)25-13-7-12-23(6)22(4,5)33-24(34-23)16-10-8-15(9-11-16)14-31-20(30)26-17(35-36)18(27)28/h8-11,17H,7,12-14H2,1-6H3,(H,25,29)(H,26,30)(H,27,28). The van der Waals surface area contributed by atoms with Gasteiger partial charge in [0.1, 0.15) is 12.2 Å². The first-order chi connectivity index (χ1) is 16.7. The van der Waals surface area contributed by atoms with Crippen LogP contribution in [0.3, 0.4) is 0 Å². The van der Waals surface area contributed by atoms with Gasteiger partial charge in [-0.25, -0.2) is 14.4 Å². The topological polar surface area (TPSA) is 132 Å². The fourth-order valence-corrected chi connectivity index (χ4v) is 4.10. The molecule has 0 spiro atoms. The van der Waals surface area contributed by atoms with Gasteiger partial charge in [0.15, 0.2) is 5.78 Å². The average molecular weight is 540 g/mol. The minimum atomic E-state index is -1.22. The molecule has 2 unspecified atom stereocenters. The van der Waals surface area contributed by atoms with Crippen molar-refractivity contribution in [2.75, 3.05) is 6.54 Å². The largest absolute Gasteiger partial charge is 0.494 e. The van der Waals surface area contributed by atoms with E-state index in [4.69, 9.17) is 23.9 Å². The fraction of sp³-hybridized carbons (Fsp3) is 0.609. The molecule has 3 N–H and O–H groups in total. The molecule has 1 fully saturated rings. The Labute approximate surface area is 218 Å². The van der Waals surface area contributed by atoms with E-state index < -0.39 is 47.9 Å². The first-order valence-electron chi connectivity index (χ1n) is 11.6. The number of nitrogens with one attached hydrogen (secondary N) is 2. The lowest BCUT2D eigenvalue weighted by Crippen LogP contribution is -2.45. The predicted molar refractivity (Wildman–Crippen MR) is 139 cm³/mol. The number of carboxylic acids is 1. The fourth-order valence-electron chi connectivity index (χ4n) is 3.43. The van der Waals surface area contributed by atoms with Crippen LogP contribution in [0.2, 0.25) is 0 Å². The molecule has 0 bridgehead atoms. The minimum absolute atomic E-state index is 0.0347. The van der Waals surface area contributed by atoms with Crippen molar-refractivity contribution in [3.05, 3.63) is 29.8 Å². The number of benzene rings is 1. The normalized spacial score (nSPS) is 20.0. The molecule has 13 heteroatoms. The molecule has 1 aliphatic heterocycles. The van der Waals surface area contributed by atoms with Crippen molar-refractivity contribution < 1.29 is 38.3 Å². The van der Waals surface area contributed by atoms with E-state index in [1.165, 1.54) is 0 Å². The highest BCUT2D eigenvalue weighted by Gasteiger charge is 2.54. The van der Waals surface area contributed by atoms with Crippen LogP contribution in [0.25, 0.3) is 0 Å². The first-order valence-corrected chi connectivity index (χ1v) is 13.5. The number of aliphatic carboxylic acids is 1. The zero-order valence-corrected chi connectivity index (χ0v) is 23.2. The van der Waals surface area contributed by atoms with Crippen molar-refractivity contribution in [1.82, 2.24) is 10.6 Å². The first kappa shape index (κ1) is 30.0. The number of carboxylic acid groups (broad SMARTS) is 1. The van der Waals surface area contributed by atoms with Gasteiger partial charge in [-0.2, -0.15) is 0 Å². The summed E-state index contributed by atoms with van der Waals surface area (Å²) in [6.07, 6.45) is 0.0389. The van der Waals surface area contributed by atoms with Crippen LogP contribution < -0.4 is 16.1 Å². The van der Waals surface area contributed by atoms with Gasteiger partial charge in [0.2, 0.25) is 0 Å². The van der Waals surface area contributed by atoms with E-state index in [0.29, 0.717) is 24.9 Å². The maximum absolute atomic E-state index is 11.8. The highest BCUT2D eigenvalue weighted by atomic mass is 32.4. The molecular weight excluding hydrogens is 506 g/mol. The molecular formula is C23H34BN2O8PS. The summed E-state index contributed by atoms with van der Waals surface area (Å²) >= 11 is 4.68. The molecule has 1 aromatic rings. The van der Waals surface area contributed by atoms with Crippen molar-refractivity contribution in [2.24, 2.45) is 0 Å². The molecule has 0 aromatic heterocycles. The quantitative estimate of drug-likeness (QED) is 0.232. The molecule has 198 valence electrons. The van der Waals surface area contributed by atoms with Crippen molar-refractivity contribution in [3.63, 3.8) is 0 Å². The molecule has 10 nitrogen and oxygen atoms in total. The third-order valence-electron chi connectivity index (χ3n) is 5.76. The predicted octanol–water partition coefficient (Wildman–Crippen LogP) is 3.32. The summed E-state index contributed by atoms with van der Waals surface area (Å²) in [5, 5.41) is 13.9. The molecule has 0 saturated carbocycles. The molecule has 1 heterocycles. The maximum Gasteiger partial charge on any atom is 0.494 e. The number of amides is 2. The number of ether oxygens (including phenoxy) is 2. The number of hydrogen-bond acceptors (Lipinski definition) is 8. The summed E-state index contributed by atoms with van der Waals surface area (Å²) < 4.78 is 22.9. The Morgan fingerprint density at radius 3 is 2.33 bits per heavy atom. The summed E-state index contributed by atoms with van der Waals surface area (Å²) in [6, 6.07) is 7.22. The molecule has 2 rings (SSSR count). The van der Waals surface area contributed by atoms with Crippen molar-refractivity contribution in [3.8, 4) is 0 Å². The van der Waals surface area contributed by atoms with Gasteiger partial charge >= 0.3 is 25.3 Å². The monoisotopic (exact) mass is 540 g/mol. The van der Waals surface area contributed by atoms with E-state index in [-0.39, 0.29) is 14.0 Å². The van der Waals surface area contributed by atoms with Crippen LogP contribution in [0, 0.1) is 0 Å². The van der Waals surface area contributed by atoms with Crippen molar-refractivity contribution in [1.29, 1.82) is 0 Å². The zero-order chi connectivity index (χ0) is 27.1. The van der Waals surface area contributed by atoms with Crippen molar-refractivity contribution >= 4 is 49.9 Å². The SMILES string of the molecule is CC(C)(C)OC(=O)NCCCC1(C)OB(c2ccc(COC(=O)NC(P=S)C(=O)O)cc2)OC1(C)C. The molecule has 2 atom stereocenters. The van der Waals surface area contributed by atoms with E-state index in [1.54, 1.807) is 12.1 Å². The molecule has 2 amide bonds. The van der Waals surface area contributed by atoms with Crippen LogP contribution >= 0.6 is 7.36 Å². The van der Waals surface area contributed by atoms with Crippen LogP contribution in [0.15, 0.2) is 24.3 Å². The second-order valence-corrected chi connectivity index (χ2v) is 11.5. The summed E-state index contributed by atoms with van der Waals surface area (Å²) in [5.41, 5.74) is -0.185. The Hall–Kier alpha value is -2.27. The van der Waals surface area contributed by atoms with Gasteiger partial charge in [0.25, 0.3) is 0 Å². The van der Waals surface area contributed by atoms with Gasteiger partial charge in [0.05, 0.1) is 11.2 Å². The van der Waals surface area contributed by atoms with E-state index in [2.05, 4.69) is 22.4 Å². The Kier molecular flexibility index (Phi) is 10.3. The molecule has 0 aliphatic carbocycles. The Balaban J connectivity index is 1.88. The van der Waals surface area contributed by atoms with Crippen molar-refractivity contribution in [2.45, 2.75) is 83.6 Å². The van der Waals surface area contributed by atoms with E-state index >= 15 is 0 Å². The number of rotatable bonds is 10. The smallest absolute Gasteiger partial charge is 0.479 e. The van der Waals surface area contributed by atoms with Crippen LogP contribution in [0.1, 0.15) is 59.9 Å². The van der Waals surface area contributed by atoms with Crippen LogP contribution in [-0.4, -0.2) is 59.5 Å². The third-order valence-corrected chi connectivity index (χ3v) is 6.95. The molecule has 36 heavy (non-hydrogen) atoms. The maximum atomic E-state index is 11.8. The second-order valence-electron chi connectivity index (χ2n) is 10.1. The lowest BCUT2D eigenvalue weighted by molar-refractivity contribution is -0.137. The lowest BCUT2D eigenvalue weighted by Gasteiger charge is -2.36.